The van der Waals surface area contributed by atoms with Crippen molar-refractivity contribution in [3.05, 3.63) is 0 Å². The summed E-state index contributed by atoms with van der Waals surface area (Å²) in [7, 11) is 0. The normalized spacial score (nSPS) is 40.6. The van der Waals surface area contributed by atoms with E-state index in [4.69, 9.17) is 22.8 Å². The third-order valence-electron chi connectivity index (χ3n) is 1.21. The molecule has 0 amide bonds. The zero-order valence-corrected chi connectivity index (χ0v) is 8.27. The van der Waals surface area contributed by atoms with Crippen LogP contribution in [-0.4, -0.2) is 18.5 Å². The summed E-state index contributed by atoms with van der Waals surface area (Å²) < 4.78 is 5.39. The summed E-state index contributed by atoms with van der Waals surface area (Å²) in [5.41, 5.74) is -1.55. The highest BCUT2D eigenvalue weighted by Gasteiger charge is 2.23. The van der Waals surface area contributed by atoms with Crippen LogP contribution in [0.5, 0.6) is 0 Å². The summed E-state index contributed by atoms with van der Waals surface area (Å²) in [5, 5.41) is 0.296. The second kappa shape index (κ2) is 3.28. The van der Waals surface area contributed by atoms with Gasteiger partial charge >= 0.3 is 0 Å². The molecule has 1 heterocycles. The lowest BCUT2D eigenvalue weighted by molar-refractivity contribution is 0.351. The SMILES string of the molecule is C#CC1CCOP(C)(=S)S1. The van der Waals surface area contributed by atoms with E-state index in [1.165, 1.54) is 0 Å². The summed E-state index contributed by atoms with van der Waals surface area (Å²) >= 11 is 6.85. The van der Waals surface area contributed by atoms with Crippen LogP contribution >= 0.6 is 16.8 Å². The van der Waals surface area contributed by atoms with Gasteiger partial charge in [0.2, 0.25) is 0 Å². The molecule has 1 saturated heterocycles. The van der Waals surface area contributed by atoms with E-state index < -0.39 is 5.47 Å². The smallest absolute Gasteiger partial charge is 0.117 e. The molecule has 0 aromatic rings. The van der Waals surface area contributed by atoms with Crippen molar-refractivity contribution in [2.24, 2.45) is 0 Å². The predicted octanol–water partition coefficient (Wildman–Crippen LogP) is 2.08. The van der Waals surface area contributed by atoms with E-state index in [1.807, 2.05) is 6.66 Å². The van der Waals surface area contributed by atoms with Gasteiger partial charge in [-0.05, 0) is 13.1 Å². The number of hydrogen-bond acceptors (Lipinski definition) is 3. The van der Waals surface area contributed by atoms with Crippen molar-refractivity contribution >= 4 is 28.7 Å². The molecule has 0 spiro atoms. The van der Waals surface area contributed by atoms with Gasteiger partial charge in [0.25, 0.3) is 0 Å². The van der Waals surface area contributed by atoms with Gasteiger partial charge in [-0.25, -0.2) is 0 Å². The van der Waals surface area contributed by atoms with Crippen molar-refractivity contribution in [1.29, 1.82) is 0 Å². The molecule has 1 rings (SSSR count). The average Bonchev–Trinajstić information content (AvgIpc) is 1.86. The van der Waals surface area contributed by atoms with Crippen LogP contribution in [0.2, 0.25) is 0 Å². The highest BCUT2D eigenvalue weighted by atomic mass is 32.9. The lowest BCUT2D eigenvalue weighted by Gasteiger charge is -2.25. The molecule has 56 valence electrons. The number of rotatable bonds is 0. The molecule has 1 fully saturated rings. The number of hydrogen-bond donors (Lipinski definition) is 0. The minimum atomic E-state index is -1.55. The molecule has 4 heteroatoms. The van der Waals surface area contributed by atoms with Crippen molar-refractivity contribution in [3.8, 4) is 12.3 Å². The van der Waals surface area contributed by atoms with Crippen molar-refractivity contribution in [3.63, 3.8) is 0 Å². The van der Waals surface area contributed by atoms with Gasteiger partial charge in [-0.2, -0.15) is 0 Å². The molecule has 0 radical (unpaired) electrons. The zero-order chi connectivity index (χ0) is 7.61. The molecule has 2 unspecified atom stereocenters. The highest BCUT2D eigenvalue weighted by Crippen LogP contribution is 2.61. The molecule has 10 heavy (non-hydrogen) atoms. The molecule has 0 bridgehead atoms. The Balaban J connectivity index is 2.58. The maximum Gasteiger partial charge on any atom is 0.117 e. The first-order valence-corrected chi connectivity index (χ1v) is 7.66. The monoisotopic (exact) mass is 192 g/mol. The Kier molecular flexibility index (Phi) is 2.82. The minimum Gasteiger partial charge on any atom is -0.342 e. The lowest BCUT2D eigenvalue weighted by atomic mass is 10.3. The molecule has 1 aliphatic rings. The molecule has 0 aliphatic carbocycles. The summed E-state index contributed by atoms with van der Waals surface area (Å²) in [6.07, 6.45) is 6.22. The molecule has 0 aromatic heterocycles. The Bertz CT molecular complexity index is 208. The lowest BCUT2D eigenvalue weighted by Crippen LogP contribution is -2.09. The first-order valence-electron chi connectivity index (χ1n) is 3.00. The standard InChI is InChI=1S/C6H9OPS2/c1-3-6-4-5-7-8(2,9)10-6/h1,6H,4-5H2,2H3. The van der Waals surface area contributed by atoms with Crippen molar-refractivity contribution in [2.75, 3.05) is 13.3 Å². The molecule has 2 atom stereocenters. The summed E-state index contributed by atoms with van der Waals surface area (Å²) in [4.78, 5) is 0. The van der Waals surface area contributed by atoms with E-state index in [1.54, 1.807) is 11.4 Å². The Labute approximate surface area is 70.7 Å². The van der Waals surface area contributed by atoms with E-state index >= 15 is 0 Å². The third-order valence-corrected chi connectivity index (χ3v) is 6.19. The molecule has 0 saturated carbocycles. The first kappa shape index (κ1) is 8.62. The van der Waals surface area contributed by atoms with E-state index in [0.29, 0.717) is 5.25 Å². The topological polar surface area (TPSA) is 9.23 Å². The molecule has 0 aromatic carbocycles. The van der Waals surface area contributed by atoms with E-state index in [2.05, 4.69) is 5.92 Å². The summed E-state index contributed by atoms with van der Waals surface area (Å²) in [5.74, 6) is 2.70. The van der Waals surface area contributed by atoms with Crippen LogP contribution in [0.15, 0.2) is 0 Å². The average molecular weight is 192 g/mol. The molecule has 1 nitrogen and oxygen atoms in total. The van der Waals surface area contributed by atoms with Gasteiger partial charge in [0.1, 0.15) is 5.47 Å². The van der Waals surface area contributed by atoms with Gasteiger partial charge in [-0.1, -0.05) is 29.1 Å². The van der Waals surface area contributed by atoms with Gasteiger partial charge < -0.3 is 4.52 Å². The molecule has 1 aliphatic heterocycles. The van der Waals surface area contributed by atoms with Crippen LogP contribution in [0.4, 0.5) is 0 Å². The maximum absolute atomic E-state index is 5.39. The zero-order valence-electron chi connectivity index (χ0n) is 5.74. The predicted molar refractivity (Wildman–Crippen MR) is 51.0 cm³/mol. The van der Waals surface area contributed by atoms with E-state index in [9.17, 15) is 0 Å². The molecular weight excluding hydrogens is 183 g/mol. The van der Waals surface area contributed by atoms with E-state index in [-0.39, 0.29) is 0 Å². The van der Waals surface area contributed by atoms with Gasteiger partial charge in [0.15, 0.2) is 0 Å². The second-order valence-electron chi connectivity index (χ2n) is 2.15. The van der Waals surface area contributed by atoms with Gasteiger partial charge in [-0.15, -0.1) is 6.42 Å². The molecular formula is C6H9OPS2. The Hall–Kier alpha value is 0.520. The highest BCUT2D eigenvalue weighted by molar-refractivity contribution is 8.69. The Morgan fingerprint density at radius 1 is 1.90 bits per heavy atom. The van der Waals surface area contributed by atoms with Crippen LogP contribution in [0.25, 0.3) is 0 Å². The summed E-state index contributed by atoms with van der Waals surface area (Å²) in [6.45, 7) is 2.73. The minimum absolute atomic E-state index is 0.296. The number of terminal acetylenes is 1. The fourth-order valence-corrected chi connectivity index (χ4v) is 5.43. The van der Waals surface area contributed by atoms with Crippen LogP contribution in [0.3, 0.4) is 0 Å². The van der Waals surface area contributed by atoms with Crippen LogP contribution in [0.1, 0.15) is 6.42 Å². The third kappa shape index (κ3) is 2.29. The van der Waals surface area contributed by atoms with Gasteiger partial charge in [0, 0.05) is 0 Å². The van der Waals surface area contributed by atoms with Crippen molar-refractivity contribution in [1.82, 2.24) is 0 Å². The van der Waals surface area contributed by atoms with Crippen LogP contribution in [-0.2, 0) is 16.3 Å². The van der Waals surface area contributed by atoms with Crippen LogP contribution in [0, 0.1) is 12.3 Å². The fourth-order valence-electron chi connectivity index (χ4n) is 0.754. The maximum atomic E-state index is 5.39. The Morgan fingerprint density at radius 3 is 3.00 bits per heavy atom. The largest absolute Gasteiger partial charge is 0.342 e. The summed E-state index contributed by atoms with van der Waals surface area (Å²) in [6, 6.07) is 0. The van der Waals surface area contributed by atoms with Gasteiger partial charge in [0.05, 0.1) is 11.9 Å². The quantitative estimate of drug-likeness (QED) is 0.429. The fraction of sp³-hybridized carbons (Fsp3) is 0.667. The molecule has 0 N–H and O–H groups in total. The van der Waals surface area contributed by atoms with E-state index in [0.717, 1.165) is 13.0 Å². The Morgan fingerprint density at radius 2 is 2.60 bits per heavy atom. The second-order valence-corrected chi connectivity index (χ2v) is 10.2. The van der Waals surface area contributed by atoms with Crippen molar-refractivity contribution < 1.29 is 4.52 Å². The van der Waals surface area contributed by atoms with Crippen LogP contribution < -0.4 is 0 Å². The first-order chi connectivity index (χ1) is 4.64. The van der Waals surface area contributed by atoms with Crippen molar-refractivity contribution in [2.45, 2.75) is 11.7 Å². The van der Waals surface area contributed by atoms with Gasteiger partial charge in [-0.3, -0.25) is 0 Å².